The van der Waals surface area contributed by atoms with E-state index < -0.39 is 10.0 Å². The molecule has 25 heavy (non-hydrogen) atoms. The molecule has 0 saturated carbocycles. The Morgan fingerprint density at radius 1 is 0.760 bits per heavy atom. The maximum Gasteiger partial charge on any atom is 0.241 e. The molecule has 0 spiro atoms. The molecule has 0 fully saturated rings. The minimum absolute atomic E-state index is 0.449. The zero-order valence-corrected chi connectivity index (χ0v) is 17.5. The molecule has 1 aromatic rings. The van der Waals surface area contributed by atoms with Crippen LogP contribution in [0.4, 0.5) is 0 Å². The number of hydrogen-bond donors (Lipinski definition) is 1. The van der Waals surface area contributed by atoms with Crippen LogP contribution in [0.1, 0.15) is 87.8 Å². The molecule has 1 N–H and O–H groups in total. The van der Waals surface area contributed by atoms with Crippen LogP contribution in [0.25, 0.3) is 0 Å². The molecule has 0 radical (unpaired) electrons. The summed E-state index contributed by atoms with van der Waals surface area (Å²) in [4.78, 5) is 0.449. The zero-order valence-electron chi connectivity index (χ0n) is 16.7. The first-order chi connectivity index (χ1) is 11.9. The lowest BCUT2D eigenvalue weighted by molar-refractivity contribution is 0.548. The molecule has 1 aromatic carbocycles. The van der Waals surface area contributed by atoms with Crippen LogP contribution < -0.4 is 4.72 Å². The molecule has 3 nitrogen and oxygen atoms in total. The van der Waals surface area contributed by atoms with Crippen molar-refractivity contribution in [3.63, 3.8) is 0 Å². The van der Waals surface area contributed by atoms with Gasteiger partial charge in [-0.2, -0.15) is 0 Å². The highest BCUT2D eigenvalue weighted by Crippen LogP contribution is 2.21. The molecule has 0 saturated heterocycles. The van der Waals surface area contributed by atoms with Gasteiger partial charge in [0.05, 0.1) is 4.90 Å². The molecule has 144 valence electrons. The lowest BCUT2D eigenvalue weighted by Crippen LogP contribution is -2.26. The molecule has 0 atom stereocenters. The van der Waals surface area contributed by atoms with Gasteiger partial charge in [0.25, 0.3) is 0 Å². The van der Waals surface area contributed by atoms with Crippen molar-refractivity contribution in [2.75, 3.05) is 6.54 Å². The van der Waals surface area contributed by atoms with E-state index in [0.717, 1.165) is 29.5 Å². The Labute approximate surface area is 155 Å². The Kier molecular flexibility index (Phi) is 10.4. The number of aryl methyl sites for hydroxylation is 3. The Hall–Kier alpha value is -0.870. The molecule has 0 heterocycles. The van der Waals surface area contributed by atoms with Crippen LogP contribution in [0.3, 0.4) is 0 Å². The number of rotatable bonds is 13. The topological polar surface area (TPSA) is 46.2 Å². The highest BCUT2D eigenvalue weighted by Gasteiger charge is 2.19. The van der Waals surface area contributed by atoms with Crippen LogP contribution in [-0.2, 0) is 10.0 Å². The third-order valence-electron chi connectivity index (χ3n) is 4.70. The van der Waals surface area contributed by atoms with Crippen LogP contribution in [0, 0.1) is 20.8 Å². The molecule has 4 heteroatoms. The summed E-state index contributed by atoms with van der Waals surface area (Å²) in [7, 11) is -3.40. The average Bonchev–Trinajstić information content (AvgIpc) is 2.51. The van der Waals surface area contributed by atoms with Crippen molar-refractivity contribution in [1.29, 1.82) is 0 Å². The monoisotopic (exact) mass is 367 g/mol. The van der Waals surface area contributed by atoms with Gasteiger partial charge >= 0.3 is 0 Å². The summed E-state index contributed by atoms with van der Waals surface area (Å²) in [6.07, 6.45) is 12.6. The molecule has 0 unspecified atom stereocenters. The van der Waals surface area contributed by atoms with Crippen LogP contribution in [-0.4, -0.2) is 15.0 Å². The summed E-state index contributed by atoms with van der Waals surface area (Å²) >= 11 is 0. The fraction of sp³-hybridized carbons (Fsp3) is 0.714. The van der Waals surface area contributed by atoms with Crippen LogP contribution >= 0.6 is 0 Å². The highest BCUT2D eigenvalue weighted by atomic mass is 32.2. The lowest BCUT2D eigenvalue weighted by atomic mass is 10.1. The van der Waals surface area contributed by atoms with Crippen LogP contribution in [0.2, 0.25) is 0 Å². The van der Waals surface area contributed by atoms with Gasteiger partial charge in [-0.05, 0) is 38.3 Å². The van der Waals surface area contributed by atoms with E-state index in [1.54, 1.807) is 0 Å². The maximum absolute atomic E-state index is 12.5. The standard InChI is InChI=1S/C21H37NO2S/c1-5-6-7-8-9-10-11-12-13-14-15-22-25(23,24)21-19(3)16-18(2)17-20(21)4/h16-17,22H,5-15H2,1-4H3. The Morgan fingerprint density at radius 3 is 1.68 bits per heavy atom. The first-order valence-electron chi connectivity index (χ1n) is 9.96. The van der Waals surface area contributed by atoms with Crippen molar-refractivity contribution in [2.45, 2.75) is 96.8 Å². The number of benzene rings is 1. The van der Waals surface area contributed by atoms with Crippen molar-refractivity contribution >= 4 is 10.0 Å². The lowest BCUT2D eigenvalue weighted by Gasteiger charge is -2.13. The van der Waals surface area contributed by atoms with Crippen LogP contribution in [0.5, 0.6) is 0 Å². The number of hydrogen-bond acceptors (Lipinski definition) is 2. The van der Waals surface area contributed by atoms with Gasteiger partial charge in [0.1, 0.15) is 0 Å². The van der Waals surface area contributed by atoms with E-state index in [0.29, 0.717) is 11.4 Å². The van der Waals surface area contributed by atoms with Gasteiger partial charge in [-0.3, -0.25) is 0 Å². The molecule has 0 aliphatic heterocycles. The Balaban J connectivity index is 2.23. The second-order valence-electron chi connectivity index (χ2n) is 7.31. The summed E-state index contributed by atoms with van der Waals surface area (Å²) in [6.45, 7) is 8.51. The SMILES string of the molecule is CCCCCCCCCCCCNS(=O)(=O)c1c(C)cc(C)cc1C. The van der Waals surface area contributed by atoms with E-state index in [2.05, 4.69) is 11.6 Å². The molecule has 0 amide bonds. The molecule has 0 aliphatic rings. The van der Waals surface area contributed by atoms with E-state index >= 15 is 0 Å². The van der Waals surface area contributed by atoms with E-state index in [1.807, 2.05) is 32.9 Å². The normalized spacial score (nSPS) is 11.8. The van der Waals surface area contributed by atoms with Crippen LogP contribution in [0.15, 0.2) is 17.0 Å². The van der Waals surface area contributed by atoms with Gasteiger partial charge in [-0.1, -0.05) is 82.4 Å². The van der Waals surface area contributed by atoms with Gasteiger partial charge in [0.15, 0.2) is 0 Å². The van der Waals surface area contributed by atoms with Gasteiger partial charge < -0.3 is 0 Å². The molecule has 0 aliphatic carbocycles. The smallest absolute Gasteiger partial charge is 0.211 e. The van der Waals surface area contributed by atoms with Gasteiger partial charge in [-0.15, -0.1) is 0 Å². The zero-order chi connectivity index (χ0) is 18.7. The second kappa shape index (κ2) is 11.7. The fourth-order valence-corrected chi connectivity index (χ4v) is 5.00. The van der Waals surface area contributed by atoms with E-state index in [1.165, 1.54) is 51.4 Å². The molecule has 1 rings (SSSR count). The average molecular weight is 368 g/mol. The minimum atomic E-state index is -3.40. The summed E-state index contributed by atoms with van der Waals surface area (Å²) in [5.41, 5.74) is 2.75. The predicted molar refractivity (Wildman–Crippen MR) is 108 cm³/mol. The van der Waals surface area contributed by atoms with Crippen molar-refractivity contribution in [1.82, 2.24) is 4.72 Å². The van der Waals surface area contributed by atoms with E-state index in [9.17, 15) is 8.42 Å². The van der Waals surface area contributed by atoms with Gasteiger partial charge in [-0.25, -0.2) is 13.1 Å². The highest BCUT2D eigenvalue weighted by molar-refractivity contribution is 7.89. The summed E-state index contributed by atoms with van der Waals surface area (Å²) in [5, 5.41) is 0. The van der Waals surface area contributed by atoms with Crippen molar-refractivity contribution in [2.24, 2.45) is 0 Å². The van der Waals surface area contributed by atoms with Gasteiger partial charge in [0, 0.05) is 6.54 Å². The second-order valence-corrected chi connectivity index (χ2v) is 9.01. The minimum Gasteiger partial charge on any atom is -0.211 e. The Bertz CT molecular complexity index is 585. The van der Waals surface area contributed by atoms with Gasteiger partial charge in [0.2, 0.25) is 10.0 Å². The summed E-state index contributed by atoms with van der Waals surface area (Å²) in [5.74, 6) is 0. The molecule has 0 aromatic heterocycles. The number of unbranched alkanes of at least 4 members (excludes halogenated alkanes) is 9. The first kappa shape index (κ1) is 22.2. The predicted octanol–water partition coefficient (Wildman–Crippen LogP) is 5.81. The summed E-state index contributed by atoms with van der Waals surface area (Å²) < 4.78 is 27.8. The van der Waals surface area contributed by atoms with Crippen molar-refractivity contribution < 1.29 is 8.42 Å². The fourth-order valence-electron chi connectivity index (χ4n) is 3.48. The quantitative estimate of drug-likeness (QED) is 0.447. The van der Waals surface area contributed by atoms with Crippen molar-refractivity contribution in [3.8, 4) is 0 Å². The largest absolute Gasteiger partial charge is 0.241 e. The molecular formula is C21H37NO2S. The molecule has 0 bridgehead atoms. The maximum atomic E-state index is 12.5. The molecular weight excluding hydrogens is 330 g/mol. The van der Waals surface area contributed by atoms with E-state index in [-0.39, 0.29) is 0 Å². The third kappa shape index (κ3) is 8.37. The third-order valence-corrected chi connectivity index (χ3v) is 6.46. The van der Waals surface area contributed by atoms with Crippen molar-refractivity contribution in [3.05, 3.63) is 28.8 Å². The first-order valence-corrected chi connectivity index (χ1v) is 11.4. The number of sulfonamides is 1. The Morgan fingerprint density at radius 2 is 1.20 bits per heavy atom. The number of nitrogens with one attached hydrogen (secondary N) is 1. The summed E-state index contributed by atoms with van der Waals surface area (Å²) in [6, 6.07) is 3.87. The van der Waals surface area contributed by atoms with E-state index in [4.69, 9.17) is 0 Å².